The monoisotopic (exact) mass is 297 g/mol. The van der Waals surface area contributed by atoms with Crippen molar-refractivity contribution < 1.29 is 4.79 Å². The zero-order valence-electron chi connectivity index (χ0n) is 7.92. The van der Waals surface area contributed by atoms with Crippen LogP contribution in [0.4, 0.5) is 0 Å². The molecular formula is C8H19NOSSn. The molecule has 0 aliphatic heterocycles. The van der Waals surface area contributed by atoms with E-state index in [2.05, 4.69) is 19.6 Å². The van der Waals surface area contributed by atoms with E-state index in [-0.39, 0.29) is 6.04 Å². The minimum absolute atomic E-state index is 0.229. The third-order valence-corrected chi connectivity index (χ3v) is 17.5. The summed E-state index contributed by atoms with van der Waals surface area (Å²) in [4.78, 5) is 10.9. The van der Waals surface area contributed by atoms with Crippen LogP contribution >= 0.6 is 12.6 Å². The maximum absolute atomic E-state index is 10.9. The molecule has 2 atom stereocenters. The molecule has 0 saturated heterocycles. The predicted octanol–water partition coefficient (Wildman–Crippen LogP) is 1.43. The topological polar surface area (TPSA) is 43.1 Å². The Morgan fingerprint density at radius 3 is 2.50 bits per heavy atom. The van der Waals surface area contributed by atoms with Crippen LogP contribution in [0.5, 0.6) is 0 Å². The number of rotatable bonds is 6. The van der Waals surface area contributed by atoms with Crippen LogP contribution in [0.25, 0.3) is 0 Å². The number of nitrogens with two attached hydrogens (primary N) is 1. The molecule has 4 heteroatoms. The summed E-state index contributed by atoms with van der Waals surface area (Å²) >= 11 is 1.87. The van der Waals surface area contributed by atoms with Crippen molar-refractivity contribution in [1.29, 1.82) is 0 Å². The van der Waals surface area contributed by atoms with E-state index in [0.717, 1.165) is 19.1 Å². The van der Waals surface area contributed by atoms with Crippen molar-refractivity contribution in [3.8, 4) is 0 Å². The Labute approximate surface area is 84.6 Å². The number of carbonyl (C=O) groups excluding carboxylic acids is 1. The Morgan fingerprint density at radius 1 is 1.67 bits per heavy atom. The van der Waals surface area contributed by atoms with Gasteiger partial charge >= 0.3 is 84.8 Å². The Balaban J connectivity index is 4.02. The van der Waals surface area contributed by atoms with E-state index in [0.29, 0.717) is 0 Å². The van der Waals surface area contributed by atoms with Crippen molar-refractivity contribution in [3.63, 3.8) is 0 Å². The Bertz CT molecular complexity index is 137. The number of carbonyl (C=O) groups is 1. The van der Waals surface area contributed by atoms with E-state index in [4.69, 9.17) is 5.73 Å². The minimum atomic E-state index is -2.41. The quantitative estimate of drug-likeness (QED) is 0.442. The van der Waals surface area contributed by atoms with Gasteiger partial charge in [0.2, 0.25) is 0 Å². The third-order valence-electron chi connectivity index (χ3n) is 2.37. The molecule has 0 aliphatic carbocycles. The Hall–Kier alpha value is 0.779. The van der Waals surface area contributed by atoms with Gasteiger partial charge in [0.05, 0.1) is 0 Å². The first-order chi connectivity index (χ1) is 5.60. The molecule has 0 aliphatic rings. The van der Waals surface area contributed by atoms with E-state index in [1.54, 1.807) is 0 Å². The molecule has 2 unspecified atom stereocenters. The molecule has 0 rings (SSSR count). The second kappa shape index (κ2) is 6.27. The zero-order valence-corrected chi connectivity index (χ0v) is 11.7. The summed E-state index contributed by atoms with van der Waals surface area (Å²) in [6.45, 7) is 4.11. The van der Waals surface area contributed by atoms with Gasteiger partial charge in [-0.2, -0.15) is 0 Å². The van der Waals surface area contributed by atoms with Crippen molar-refractivity contribution in [2.75, 3.05) is 3.77 Å². The summed E-state index contributed by atoms with van der Waals surface area (Å²) in [5, 5.41) is 0. The molecule has 0 spiro atoms. The van der Waals surface area contributed by atoms with Crippen LogP contribution in [0.1, 0.15) is 20.3 Å². The first-order valence-electron chi connectivity index (χ1n) is 4.43. The number of hydrogen-bond acceptors (Lipinski definition) is 3. The predicted molar refractivity (Wildman–Crippen MR) is 59.9 cm³/mol. The molecule has 2 N–H and O–H groups in total. The van der Waals surface area contributed by atoms with Crippen LogP contribution < -0.4 is 5.73 Å². The van der Waals surface area contributed by atoms with Crippen molar-refractivity contribution in [3.05, 3.63) is 0 Å². The molecule has 72 valence electrons. The molecule has 0 heterocycles. The van der Waals surface area contributed by atoms with Crippen molar-refractivity contribution in [1.82, 2.24) is 0 Å². The van der Waals surface area contributed by atoms with Gasteiger partial charge in [-0.1, -0.05) is 0 Å². The molecule has 0 saturated carbocycles. The second-order valence-electron chi connectivity index (χ2n) is 3.51. The van der Waals surface area contributed by atoms with Crippen LogP contribution in [-0.4, -0.2) is 32.5 Å². The summed E-state index contributed by atoms with van der Waals surface area (Å²) < 4.78 is 4.20. The Morgan fingerprint density at radius 2 is 2.25 bits per heavy atom. The normalized spacial score (nSPS) is 18.3. The number of thiol groups is 1. The van der Waals surface area contributed by atoms with Crippen LogP contribution in [0.15, 0.2) is 0 Å². The fourth-order valence-corrected chi connectivity index (χ4v) is 10.2. The maximum atomic E-state index is 10.9. The van der Waals surface area contributed by atoms with Gasteiger partial charge in [0, 0.05) is 0 Å². The van der Waals surface area contributed by atoms with Gasteiger partial charge in [-0.25, -0.2) is 0 Å². The molecule has 0 fully saturated rings. The van der Waals surface area contributed by atoms with Gasteiger partial charge < -0.3 is 0 Å². The van der Waals surface area contributed by atoms with Gasteiger partial charge in [-0.3, -0.25) is 0 Å². The molecule has 0 aromatic rings. The van der Waals surface area contributed by atoms with E-state index in [1.807, 2.05) is 6.92 Å². The average Bonchev–Trinajstić information content (AvgIpc) is 2.08. The van der Waals surface area contributed by atoms with E-state index in [9.17, 15) is 4.79 Å². The van der Waals surface area contributed by atoms with Crippen LogP contribution in [-0.2, 0) is 4.79 Å². The summed E-state index contributed by atoms with van der Waals surface area (Å²) in [6, 6.07) is 0.229. The van der Waals surface area contributed by atoms with E-state index < -0.39 is 18.4 Å². The standard InChI is InChI=1S/C4H10N.C2H5.CHO.CH3S.Sn/c1-3-4(2)5;3*1-2;/h4H,1,3,5H2,2H3;1H2,2H3;1H;2H,1H2;. The molecule has 0 bridgehead atoms. The van der Waals surface area contributed by atoms with E-state index >= 15 is 0 Å². The summed E-state index contributed by atoms with van der Waals surface area (Å²) in [5.74, 6) is 0. The third kappa shape index (κ3) is 4.14. The fourth-order valence-electron chi connectivity index (χ4n) is 1.06. The van der Waals surface area contributed by atoms with Crippen molar-refractivity contribution in [2.45, 2.75) is 35.2 Å². The van der Waals surface area contributed by atoms with Crippen molar-refractivity contribution >= 4 is 35.3 Å². The molecule has 0 aromatic carbocycles. The van der Waals surface area contributed by atoms with Gasteiger partial charge in [0.15, 0.2) is 0 Å². The van der Waals surface area contributed by atoms with Gasteiger partial charge in [0.25, 0.3) is 0 Å². The summed E-state index contributed by atoms with van der Waals surface area (Å²) in [7, 11) is 0. The molecule has 0 aromatic heterocycles. The van der Waals surface area contributed by atoms with Crippen LogP contribution in [0.2, 0.25) is 8.87 Å². The molecule has 0 amide bonds. The van der Waals surface area contributed by atoms with Gasteiger partial charge in [0.1, 0.15) is 0 Å². The molecule has 0 radical (unpaired) electrons. The summed E-state index contributed by atoms with van der Waals surface area (Å²) in [6.07, 6.45) is 0.989. The Kier molecular flexibility index (Phi) is 6.67. The second-order valence-corrected chi connectivity index (χ2v) is 18.4. The van der Waals surface area contributed by atoms with E-state index in [1.165, 1.54) is 4.30 Å². The van der Waals surface area contributed by atoms with Crippen molar-refractivity contribution in [2.24, 2.45) is 5.73 Å². The fraction of sp³-hybridized carbons (Fsp3) is 0.875. The zero-order chi connectivity index (χ0) is 9.61. The van der Waals surface area contributed by atoms with Gasteiger partial charge in [-0.05, 0) is 0 Å². The average molecular weight is 296 g/mol. The first-order valence-corrected chi connectivity index (χ1v) is 12.8. The van der Waals surface area contributed by atoms with Crippen LogP contribution in [0, 0.1) is 0 Å². The molecule has 2 nitrogen and oxygen atoms in total. The first kappa shape index (κ1) is 12.8. The molecule has 12 heavy (non-hydrogen) atoms. The molecular weight excluding hydrogens is 277 g/mol. The SMILES string of the molecule is C[CH2][Sn]([CH]=O)([CH2]S)[CH2]CC(C)N. The van der Waals surface area contributed by atoms with Gasteiger partial charge in [-0.15, -0.1) is 0 Å². The number of hydrogen-bond donors (Lipinski definition) is 2. The summed E-state index contributed by atoms with van der Waals surface area (Å²) in [5.41, 5.74) is 5.66. The van der Waals surface area contributed by atoms with Crippen LogP contribution in [0.3, 0.4) is 0 Å².